The van der Waals surface area contributed by atoms with Crippen molar-refractivity contribution in [2.45, 2.75) is 0 Å². The molecule has 2 heterocycles. The maximum absolute atomic E-state index is 2.76. The van der Waals surface area contributed by atoms with E-state index in [1.165, 1.54) is 85.1 Å². The molecule has 0 bridgehead atoms. The highest BCUT2D eigenvalue weighted by Gasteiger charge is 2.43. The molecule has 0 saturated carbocycles. The molecule has 0 saturated heterocycles. The van der Waals surface area contributed by atoms with E-state index in [0.29, 0.717) is 0 Å². The molecule has 330 valence electrons. The fourth-order valence-electron chi connectivity index (χ4n) is 11.9. The molecule has 0 spiro atoms. The van der Waals surface area contributed by atoms with Crippen LogP contribution in [0.25, 0.3) is 55.0 Å². The summed E-state index contributed by atoms with van der Waals surface area (Å²) < 4.78 is 4.97. The Morgan fingerprint density at radius 2 is 0.486 bits per heavy atom. The zero-order valence-electron chi connectivity index (χ0n) is 38.6. The summed E-state index contributed by atoms with van der Waals surface area (Å²) in [5.74, 6) is 0. The molecule has 0 N–H and O–H groups in total. The second-order valence-electron chi connectivity index (χ2n) is 18.4. The van der Waals surface area contributed by atoms with Crippen molar-refractivity contribution in [1.82, 2.24) is 9.13 Å². The lowest BCUT2D eigenvalue weighted by Gasteiger charge is -2.34. The second kappa shape index (κ2) is 17.2. The van der Waals surface area contributed by atoms with Crippen LogP contribution < -0.4 is 41.5 Å². The van der Waals surface area contributed by atoms with E-state index < -0.39 is 16.1 Å². The molecule has 0 aliphatic heterocycles. The largest absolute Gasteiger partial charge is 0.309 e. The monoisotopic (exact) mass is 924 g/mol. The number of nitrogens with zero attached hydrogens (tertiary/aromatic N) is 2. The summed E-state index contributed by atoms with van der Waals surface area (Å²) in [6.07, 6.45) is 0. The number of rotatable bonds is 10. The van der Waals surface area contributed by atoms with Crippen molar-refractivity contribution in [1.29, 1.82) is 0 Å². The lowest BCUT2D eigenvalue weighted by atomic mass is 10.1. The van der Waals surface area contributed by atoms with Crippen LogP contribution in [0.2, 0.25) is 0 Å². The minimum atomic E-state index is -2.76. The SMILES string of the molecule is c1ccc([Si](c2ccccc2)(c2ccccc2)c2cccc(-n3c4ccccc4c4cc(-n5c6ccccc6c6cc([Si](c7ccccc7)(c7ccccc7)c7ccccc7)ccc65)ccc43)c2)cc1. The highest BCUT2D eigenvalue weighted by atomic mass is 28.3. The minimum Gasteiger partial charge on any atom is -0.309 e. The van der Waals surface area contributed by atoms with Gasteiger partial charge in [0.05, 0.1) is 22.1 Å². The molecule has 70 heavy (non-hydrogen) atoms. The Morgan fingerprint density at radius 3 is 0.900 bits per heavy atom. The maximum atomic E-state index is 2.52. The number of aromatic nitrogens is 2. The molecule has 13 rings (SSSR count). The van der Waals surface area contributed by atoms with Gasteiger partial charge in [-0.2, -0.15) is 0 Å². The molecule has 0 fully saturated rings. The van der Waals surface area contributed by atoms with Crippen molar-refractivity contribution in [2.24, 2.45) is 0 Å². The zero-order valence-corrected chi connectivity index (χ0v) is 40.6. The van der Waals surface area contributed by atoms with Gasteiger partial charge in [0.2, 0.25) is 0 Å². The van der Waals surface area contributed by atoms with Crippen LogP contribution in [0, 0.1) is 0 Å². The number of fused-ring (bicyclic) bond motifs is 6. The molecule has 2 nitrogen and oxygen atoms in total. The molecule has 0 aliphatic carbocycles. The maximum Gasteiger partial charge on any atom is 0.179 e. The Morgan fingerprint density at radius 1 is 0.186 bits per heavy atom. The average Bonchev–Trinajstić information content (AvgIpc) is 3.95. The highest BCUT2D eigenvalue weighted by Crippen LogP contribution is 2.37. The van der Waals surface area contributed by atoms with E-state index in [2.05, 4.69) is 300 Å². The number of hydrogen-bond donors (Lipinski definition) is 0. The molecule has 11 aromatic carbocycles. The van der Waals surface area contributed by atoms with Gasteiger partial charge in [0.15, 0.2) is 16.1 Å². The van der Waals surface area contributed by atoms with Gasteiger partial charge in [-0.1, -0.05) is 243 Å². The van der Waals surface area contributed by atoms with Gasteiger partial charge in [0.25, 0.3) is 0 Å². The van der Waals surface area contributed by atoms with E-state index >= 15 is 0 Å². The Balaban J connectivity index is 1.01. The zero-order chi connectivity index (χ0) is 46.5. The van der Waals surface area contributed by atoms with Crippen LogP contribution in [-0.2, 0) is 0 Å². The Hall–Kier alpha value is -8.55. The smallest absolute Gasteiger partial charge is 0.179 e. The first-order valence-electron chi connectivity index (χ1n) is 24.3. The number of benzene rings is 11. The Kier molecular flexibility index (Phi) is 10.2. The lowest BCUT2D eigenvalue weighted by Crippen LogP contribution is -2.74. The summed E-state index contributed by atoms with van der Waals surface area (Å²) in [6, 6.07) is 109. The van der Waals surface area contributed by atoms with Gasteiger partial charge in [-0.15, -0.1) is 0 Å². The van der Waals surface area contributed by atoms with Crippen molar-refractivity contribution >= 4 is 101 Å². The van der Waals surface area contributed by atoms with Crippen LogP contribution >= 0.6 is 0 Å². The first-order valence-corrected chi connectivity index (χ1v) is 28.3. The first kappa shape index (κ1) is 41.6. The first-order chi connectivity index (χ1) is 34.7. The van der Waals surface area contributed by atoms with Crippen LogP contribution in [0.1, 0.15) is 0 Å². The Bertz CT molecular complexity index is 3790. The van der Waals surface area contributed by atoms with Gasteiger partial charge < -0.3 is 9.13 Å². The van der Waals surface area contributed by atoms with Gasteiger partial charge in [-0.05, 0) is 90.0 Å². The lowest BCUT2D eigenvalue weighted by molar-refractivity contribution is 1.17. The number of hydrogen-bond acceptors (Lipinski definition) is 0. The third-order valence-corrected chi connectivity index (χ3v) is 24.3. The Labute approximate surface area is 410 Å². The van der Waals surface area contributed by atoms with E-state index in [1.54, 1.807) is 0 Å². The normalized spacial score (nSPS) is 12.0. The van der Waals surface area contributed by atoms with Crippen LogP contribution in [0.4, 0.5) is 0 Å². The molecule has 0 aliphatic rings. The van der Waals surface area contributed by atoms with Crippen molar-refractivity contribution in [3.8, 4) is 11.4 Å². The fourth-order valence-corrected chi connectivity index (χ4v) is 21.4. The summed E-state index contributed by atoms with van der Waals surface area (Å²) in [6.45, 7) is 0. The van der Waals surface area contributed by atoms with Gasteiger partial charge in [0, 0.05) is 32.9 Å². The summed E-state index contributed by atoms with van der Waals surface area (Å²) in [7, 11) is -5.52. The van der Waals surface area contributed by atoms with Crippen molar-refractivity contribution < 1.29 is 0 Å². The molecule has 0 unspecified atom stereocenters. The van der Waals surface area contributed by atoms with Crippen LogP contribution in [-0.4, -0.2) is 25.3 Å². The second-order valence-corrected chi connectivity index (χ2v) is 26.0. The van der Waals surface area contributed by atoms with E-state index in [1.807, 2.05) is 0 Å². The third kappa shape index (κ3) is 6.45. The van der Waals surface area contributed by atoms with Gasteiger partial charge >= 0.3 is 0 Å². The van der Waals surface area contributed by atoms with E-state index in [9.17, 15) is 0 Å². The van der Waals surface area contributed by atoms with Crippen molar-refractivity contribution in [2.75, 3.05) is 0 Å². The van der Waals surface area contributed by atoms with E-state index in [4.69, 9.17) is 0 Å². The molecule has 0 radical (unpaired) electrons. The molecule has 4 heteroatoms. The standard InChI is InChI=1S/C66H48N2Si2/c1-7-25-51(26-8-1)69(52-27-9-2-10-28-52,53-29-11-3-12-30-53)57-37-23-24-49(46-57)67-63-40-21-19-38-59(63)61-47-50(42-44-65(61)67)68-64-41-22-20-39-60(64)62-48-58(43-45-66(62)68)70(54-31-13-4-14-32-54,55-33-15-5-16-34-55)56-35-17-6-18-36-56/h1-48H. The fraction of sp³-hybridized carbons (Fsp3) is 0. The minimum absolute atomic E-state index is 1.14. The molecule has 0 atom stereocenters. The number of para-hydroxylation sites is 2. The van der Waals surface area contributed by atoms with Gasteiger partial charge in [-0.25, -0.2) is 0 Å². The summed E-state index contributed by atoms with van der Waals surface area (Å²) in [5, 5.41) is 15.9. The molecular formula is C66H48N2Si2. The average molecular weight is 925 g/mol. The predicted molar refractivity (Wildman–Crippen MR) is 302 cm³/mol. The van der Waals surface area contributed by atoms with Crippen molar-refractivity contribution in [3.63, 3.8) is 0 Å². The van der Waals surface area contributed by atoms with Crippen LogP contribution in [0.3, 0.4) is 0 Å². The quantitative estimate of drug-likeness (QED) is 0.0956. The predicted octanol–water partition coefficient (Wildman–Crippen LogP) is 10.6. The van der Waals surface area contributed by atoms with E-state index in [0.717, 1.165) is 11.4 Å². The van der Waals surface area contributed by atoms with Crippen molar-refractivity contribution in [3.05, 3.63) is 291 Å². The summed E-state index contributed by atoms with van der Waals surface area (Å²) >= 11 is 0. The molecule has 13 aromatic rings. The topological polar surface area (TPSA) is 9.86 Å². The van der Waals surface area contributed by atoms with Gasteiger partial charge in [-0.3, -0.25) is 0 Å². The van der Waals surface area contributed by atoms with Crippen LogP contribution in [0.5, 0.6) is 0 Å². The van der Waals surface area contributed by atoms with E-state index in [-0.39, 0.29) is 0 Å². The summed E-state index contributed by atoms with van der Waals surface area (Å²) in [5.41, 5.74) is 7.06. The molecule has 0 amide bonds. The van der Waals surface area contributed by atoms with Crippen LogP contribution in [0.15, 0.2) is 291 Å². The van der Waals surface area contributed by atoms with Gasteiger partial charge in [0.1, 0.15) is 0 Å². The third-order valence-electron chi connectivity index (χ3n) is 14.8. The molecule has 2 aromatic heterocycles. The highest BCUT2D eigenvalue weighted by molar-refractivity contribution is 7.20. The molecular weight excluding hydrogens is 877 g/mol. The summed E-state index contributed by atoms with van der Waals surface area (Å²) in [4.78, 5) is 0.